The SMILES string of the molecule is CC(C)(C)OC(=O)N/N=C/c1c(Br)cncc1Br. The van der Waals surface area contributed by atoms with E-state index in [1.807, 2.05) is 0 Å². The molecular weight excluding hydrogens is 366 g/mol. The summed E-state index contributed by atoms with van der Waals surface area (Å²) >= 11 is 6.67. The lowest BCUT2D eigenvalue weighted by Crippen LogP contribution is -2.29. The van der Waals surface area contributed by atoms with E-state index in [0.29, 0.717) is 0 Å². The minimum atomic E-state index is -0.597. The van der Waals surface area contributed by atoms with Crippen LogP contribution in [0.4, 0.5) is 4.79 Å². The highest BCUT2D eigenvalue weighted by Crippen LogP contribution is 2.21. The van der Waals surface area contributed by atoms with Crippen molar-refractivity contribution in [3.8, 4) is 0 Å². The number of aromatic nitrogens is 1. The van der Waals surface area contributed by atoms with Gasteiger partial charge in [0.25, 0.3) is 0 Å². The fourth-order valence-corrected chi connectivity index (χ4v) is 2.13. The number of carbonyl (C=O) groups excluding carboxylic acids is 1. The molecule has 0 bridgehead atoms. The minimum absolute atomic E-state index is 0.544. The Bertz CT molecular complexity index is 450. The second-order valence-corrected chi connectivity index (χ2v) is 6.10. The lowest BCUT2D eigenvalue weighted by molar-refractivity contribution is 0.0529. The van der Waals surface area contributed by atoms with E-state index in [-0.39, 0.29) is 0 Å². The number of halogens is 2. The van der Waals surface area contributed by atoms with E-state index in [1.54, 1.807) is 33.2 Å². The van der Waals surface area contributed by atoms with Crippen LogP contribution < -0.4 is 5.43 Å². The summed E-state index contributed by atoms with van der Waals surface area (Å²) in [7, 11) is 0. The normalized spacial score (nSPS) is 11.6. The van der Waals surface area contributed by atoms with Crippen LogP contribution in [0, 0.1) is 0 Å². The maximum Gasteiger partial charge on any atom is 0.428 e. The number of pyridine rings is 1. The molecule has 18 heavy (non-hydrogen) atoms. The molecule has 0 atom stereocenters. The Hall–Kier alpha value is -0.950. The smallest absolute Gasteiger partial charge is 0.428 e. The lowest BCUT2D eigenvalue weighted by atomic mass is 10.2. The van der Waals surface area contributed by atoms with Crippen LogP contribution in [0.15, 0.2) is 26.4 Å². The van der Waals surface area contributed by atoms with Crippen molar-refractivity contribution in [3.63, 3.8) is 0 Å². The van der Waals surface area contributed by atoms with Gasteiger partial charge in [0.15, 0.2) is 0 Å². The van der Waals surface area contributed by atoms with Crippen LogP contribution in [0.1, 0.15) is 26.3 Å². The fraction of sp³-hybridized carbons (Fsp3) is 0.364. The Labute approximate surface area is 122 Å². The number of hydrazone groups is 1. The zero-order valence-corrected chi connectivity index (χ0v) is 13.4. The van der Waals surface area contributed by atoms with E-state index in [2.05, 4.69) is 47.4 Å². The number of rotatable bonds is 2. The van der Waals surface area contributed by atoms with Crippen LogP contribution >= 0.6 is 31.9 Å². The van der Waals surface area contributed by atoms with Gasteiger partial charge in [-0.1, -0.05) is 0 Å². The van der Waals surface area contributed by atoms with Gasteiger partial charge in [-0.05, 0) is 52.6 Å². The minimum Gasteiger partial charge on any atom is -0.443 e. The number of amides is 1. The average Bonchev–Trinajstić information content (AvgIpc) is 2.19. The van der Waals surface area contributed by atoms with Gasteiger partial charge in [0.1, 0.15) is 5.60 Å². The third-order valence-corrected chi connectivity index (χ3v) is 2.90. The van der Waals surface area contributed by atoms with Crippen molar-refractivity contribution >= 4 is 44.2 Å². The summed E-state index contributed by atoms with van der Waals surface area (Å²) in [6.07, 6.45) is 4.18. The maximum atomic E-state index is 11.3. The molecule has 0 aliphatic heterocycles. The zero-order chi connectivity index (χ0) is 13.8. The predicted octanol–water partition coefficient (Wildman–Crippen LogP) is 3.47. The Kier molecular flexibility index (Phi) is 5.28. The molecule has 0 saturated carbocycles. The van der Waals surface area contributed by atoms with Crippen molar-refractivity contribution in [3.05, 3.63) is 26.9 Å². The van der Waals surface area contributed by atoms with Crippen LogP contribution in [-0.2, 0) is 4.74 Å². The van der Waals surface area contributed by atoms with Crippen LogP contribution in [0.25, 0.3) is 0 Å². The molecule has 1 aromatic heterocycles. The van der Waals surface area contributed by atoms with Gasteiger partial charge in [0.05, 0.1) is 6.21 Å². The summed E-state index contributed by atoms with van der Waals surface area (Å²) in [6.45, 7) is 5.35. The van der Waals surface area contributed by atoms with Crippen LogP contribution in [0.5, 0.6) is 0 Å². The molecule has 98 valence electrons. The first kappa shape index (κ1) is 15.1. The van der Waals surface area contributed by atoms with E-state index in [9.17, 15) is 4.79 Å². The summed E-state index contributed by atoms with van der Waals surface area (Å²) in [5.74, 6) is 0. The Balaban J connectivity index is 2.63. The second-order valence-electron chi connectivity index (χ2n) is 4.39. The standard InChI is InChI=1S/C11H13Br2N3O2/c1-11(2,3)18-10(17)16-15-4-7-8(12)5-14-6-9(7)13/h4-6H,1-3H3,(H,16,17)/b15-4+. The molecule has 0 saturated heterocycles. The molecule has 0 aliphatic rings. The van der Waals surface area contributed by atoms with Crippen molar-refractivity contribution in [1.29, 1.82) is 0 Å². The molecule has 5 nitrogen and oxygen atoms in total. The number of nitrogens with one attached hydrogen (secondary N) is 1. The molecule has 1 N–H and O–H groups in total. The van der Waals surface area contributed by atoms with Gasteiger partial charge in [-0.15, -0.1) is 0 Å². The highest BCUT2D eigenvalue weighted by atomic mass is 79.9. The van der Waals surface area contributed by atoms with Crippen LogP contribution in [0.3, 0.4) is 0 Å². The van der Waals surface area contributed by atoms with Crippen molar-refractivity contribution in [2.45, 2.75) is 26.4 Å². The van der Waals surface area contributed by atoms with Gasteiger partial charge in [-0.25, -0.2) is 10.2 Å². The third-order valence-electron chi connectivity index (χ3n) is 1.64. The van der Waals surface area contributed by atoms with Crippen molar-refractivity contribution < 1.29 is 9.53 Å². The Morgan fingerprint density at radius 3 is 2.44 bits per heavy atom. The number of nitrogens with zero attached hydrogens (tertiary/aromatic N) is 2. The topological polar surface area (TPSA) is 63.6 Å². The molecule has 1 amide bonds. The molecule has 1 aromatic rings. The van der Waals surface area contributed by atoms with Crippen molar-refractivity contribution in [1.82, 2.24) is 10.4 Å². The molecule has 0 fully saturated rings. The maximum absolute atomic E-state index is 11.3. The van der Waals surface area contributed by atoms with E-state index < -0.39 is 11.7 Å². The predicted molar refractivity (Wildman–Crippen MR) is 76.6 cm³/mol. The Morgan fingerprint density at radius 1 is 1.39 bits per heavy atom. The average molecular weight is 379 g/mol. The van der Waals surface area contributed by atoms with E-state index in [0.717, 1.165) is 14.5 Å². The van der Waals surface area contributed by atoms with E-state index in [1.165, 1.54) is 6.21 Å². The quantitative estimate of drug-likeness (QED) is 0.633. The number of carbonyl (C=O) groups is 1. The molecule has 0 aliphatic carbocycles. The lowest BCUT2D eigenvalue weighted by Gasteiger charge is -2.18. The Morgan fingerprint density at radius 2 is 1.94 bits per heavy atom. The molecule has 0 spiro atoms. The highest BCUT2D eigenvalue weighted by Gasteiger charge is 2.15. The first-order valence-corrected chi connectivity index (χ1v) is 6.69. The second kappa shape index (κ2) is 6.29. The summed E-state index contributed by atoms with van der Waals surface area (Å²) in [4.78, 5) is 15.3. The summed E-state index contributed by atoms with van der Waals surface area (Å²) in [5, 5.41) is 3.81. The fourth-order valence-electron chi connectivity index (χ4n) is 0.995. The van der Waals surface area contributed by atoms with Gasteiger partial charge in [0.2, 0.25) is 0 Å². The molecule has 0 radical (unpaired) electrons. The van der Waals surface area contributed by atoms with Gasteiger partial charge in [0, 0.05) is 26.9 Å². The van der Waals surface area contributed by atoms with E-state index >= 15 is 0 Å². The van der Waals surface area contributed by atoms with Crippen molar-refractivity contribution in [2.75, 3.05) is 0 Å². The largest absolute Gasteiger partial charge is 0.443 e. The van der Waals surface area contributed by atoms with E-state index in [4.69, 9.17) is 4.74 Å². The monoisotopic (exact) mass is 377 g/mol. The molecule has 1 rings (SSSR count). The highest BCUT2D eigenvalue weighted by molar-refractivity contribution is 9.11. The summed E-state index contributed by atoms with van der Waals surface area (Å²) in [5.41, 5.74) is 2.52. The zero-order valence-electron chi connectivity index (χ0n) is 10.2. The van der Waals surface area contributed by atoms with Gasteiger partial charge >= 0.3 is 6.09 Å². The summed E-state index contributed by atoms with van der Waals surface area (Å²) < 4.78 is 6.58. The molecule has 0 aromatic carbocycles. The number of hydrogen-bond acceptors (Lipinski definition) is 4. The molecular formula is C11H13Br2N3O2. The first-order chi connectivity index (χ1) is 8.29. The summed E-state index contributed by atoms with van der Waals surface area (Å²) in [6, 6.07) is 0. The van der Waals surface area contributed by atoms with Crippen LogP contribution in [0.2, 0.25) is 0 Å². The molecule has 7 heteroatoms. The first-order valence-electron chi connectivity index (χ1n) is 5.10. The number of hydrogen-bond donors (Lipinski definition) is 1. The molecule has 0 unspecified atom stereocenters. The number of ether oxygens (including phenoxy) is 1. The van der Waals surface area contributed by atoms with Gasteiger partial charge in [-0.3, -0.25) is 4.98 Å². The molecule has 1 heterocycles. The van der Waals surface area contributed by atoms with Gasteiger partial charge < -0.3 is 4.74 Å². The van der Waals surface area contributed by atoms with Crippen molar-refractivity contribution in [2.24, 2.45) is 5.10 Å². The van der Waals surface area contributed by atoms with Gasteiger partial charge in [-0.2, -0.15) is 5.10 Å². The third kappa shape index (κ3) is 5.14. The van der Waals surface area contributed by atoms with Crippen LogP contribution in [-0.4, -0.2) is 22.9 Å².